The van der Waals surface area contributed by atoms with Gasteiger partial charge in [0.15, 0.2) is 5.96 Å². The highest BCUT2D eigenvalue weighted by Crippen LogP contribution is 2.21. The van der Waals surface area contributed by atoms with Crippen LogP contribution in [0.4, 0.5) is 0 Å². The van der Waals surface area contributed by atoms with Crippen molar-refractivity contribution in [3.05, 3.63) is 64.7 Å². The van der Waals surface area contributed by atoms with E-state index in [0.29, 0.717) is 19.3 Å². The number of halogens is 1. The monoisotopic (exact) mass is 569 g/mol. The van der Waals surface area contributed by atoms with Crippen LogP contribution in [0.2, 0.25) is 0 Å². The molecule has 0 unspecified atom stereocenters. The summed E-state index contributed by atoms with van der Waals surface area (Å²) in [6, 6.07) is 15.2. The minimum atomic E-state index is 0. The van der Waals surface area contributed by atoms with Gasteiger partial charge in [-0.2, -0.15) is 0 Å². The van der Waals surface area contributed by atoms with E-state index in [-0.39, 0.29) is 24.0 Å². The largest absolute Gasteiger partial charge is 0.381 e. The van der Waals surface area contributed by atoms with Crippen LogP contribution in [0.25, 0.3) is 0 Å². The molecule has 176 valence electrons. The van der Waals surface area contributed by atoms with Crippen molar-refractivity contribution in [2.45, 2.75) is 57.4 Å². The maximum Gasteiger partial charge on any atom is 0.191 e. The first-order valence-corrected chi connectivity index (χ1v) is 12.3. The Morgan fingerprint density at radius 3 is 2.50 bits per heavy atom. The van der Waals surface area contributed by atoms with Crippen LogP contribution in [0.1, 0.15) is 42.0 Å². The number of hydrogen-bond acceptors (Lipinski definition) is 4. The number of aliphatic imine (C=N–C) groups is 1. The number of aryl methyl sites for hydroxylation is 1. The van der Waals surface area contributed by atoms with E-state index in [0.717, 1.165) is 45.1 Å². The van der Waals surface area contributed by atoms with E-state index in [4.69, 9.17) is 14.5 Å². The molecule has 7 heteroatoms. The van der Waals surface area contributed by atoms with Crippen LogP contribution < -0.4 is 10.6 Å². The minimum absolute atomic E-state index is 0. The summed E-state index contributed by atoms with van der Waals surface area (Å²) in [4.78, 5) is 6.07. The van der Waals surface area contributed by atoms with Gasteiger partial charge in [-0.25, -0.2) is 4.99 Å². The minimum Gasteiger partial charge on any atom is -0.381 e. The normalized spacial score (nSPS) is 14.7. The lowest BCUT2D eigenvalue weighted by molar-refractivity contribution is -0.0390. The second-order valence-electron chi connectivity index (χ2n) is 7.80. The van der Waals surface area contributed by atoms with E-state index in [9.17, 15) is 0 Å². The fourth-order valence-corrected chi connectivity index (χ4v) is 4.19. The second-order valence-corrected chi connectivity index (χ2v) is 8.65. The number of benzene rings is 2. The Balaban J connectivity index is 0.00000363. The molecule has 1 aliphatic rings. The Hall–Kier alpha value is -1.29. The molecule has 0 saturated carbocycles. The topological polar surface area (TPSA) is 54.9 Å². The smallest absolute Gasteiger partial charge is 0.191 e. The van der Waals surface area contributed by atoms with Gasteiger partial charge in [0.2, 0.25) is 0 Å². The molecule has 3 rings (SSSR count). The van der Waals surface area contributed by atoms with Crippen LogP contribution in [0.3, 0.4) is 0 Å². The fourth-order valence-electron chi connectivity index (χ4n) is 3.49. The van der Waals surface area contributed by atoms with Crippen molar-refractivity contribution < 1.29 is 9.47 Å². The first kappa shape index (κ1) is 27.0. The van der Waals surface area contributed by atoms with Crippen LogP contribution in [-0.4, -0.2) is 38.1 Å². The molecule has 0 atom stereocenters. The van der Waals surface area contributed by atoms with Gasteiger partial charge in [0.25, 0.3) is 0 Å². The first-order chi connectivity index (χ1) is 15.2. The standard InChI is InChI=1S/C25H35N3O2S.HI/c1-4-26-25(28-17-22-10-5-19(2)15-24(22)31-3)27-16-20-6-8-21(9-7-20)18-30-23-11-13-29-14-12-23;/h5-10,15,23H,4,11-14,16-18H2,1-3H3,(H2,26,27,28);1H. The highest BCUT2D eigenvalue weighted by molar-refractivity contribution is 14.0. The molecule has 0 radical (unpaired) electrons. The molecule has 1 saturated heterocycles. The molecule has 5 nitrogen and oxygen atoms in total. The van der Waals surface area contributed by atoms with E-state index in [1.165, 1.54) is 27.1 Å². The number of nitrogens with one attached hydrogen (secondary N) is 2. The Morgan fingerprint density at radius 2 is 1.81 bits per heavy atom. The Bertz CT molecular complexity index is 840. The SMILES string of the molecule is CCNC(=NCc1ccc(COC2CCOCC2)cc1)NCc1ccc(C)cc1SC.I. The summed E-state index contributed by atoms with van der Waals surface area (Å²) in [5, 5.41) is 6.81. The van der Waals surface area contributed by atoms with Gasteiger partial charge in [0.05, 0.1) is 19.3 Å². The predicted molar refractivity (Wildman–Crippen MR) is 145 cm³/mol. The third kappa shape index (κ3) is 8.92. The molecule has 0 aromatic heterocycles. The van der Waals surface area contributed by atoms with Gasteiger partial charge in [-0.15, -0.1) is 35.7 Å². The van der Waals surface area contributed by atoms with Crippen LogP contribution >= 0.6 is 35.7 Å². The third-order valence-electron chi connectivity index (χ3n) is 5.33. The van der Waals surface area contributed by atoms with Crippen LogP contribution in [0, 0.1) is 6.92 Å². The highest BCUT2D eigenvalue weighted by atomic mass is 127. The van der Waals surface area contributed by atoms with Crippen molar-refractivity contribution in [1.82, 2.24) is 10.6 Å². The zero-order valence-corrected chi connectivity index (χ0v) is 22.5. The summed E-state index contributed by atoms with van der Waals surface area (Å²) >= 11 is 1.78. The predicted octanol–water partition coefficient (Wildman–Crippen LogP) is 5.29. The van der Waals surface area contributed by atoms with E-state index in [1.54, 1.807) is 11.8 Å². The first-order valence-electron chi connectivity index (χ1n) is 11.1. The van der Waals surface area contributed by atoms with Crippen molar-refractivity contribution >= 4 is 41.7 Å². The maximum atomic E-state index is 6.01. The molecule has 1 aliphatic heterocycles. The quantitative estimate of drug-likeness (QED) is 0.186. The van der Waals surface area contributed by atoms with Crippen LogP contribution in [-0.2, 0) is 29.2 Å². The number of nitrogens with zero attached hydrogens (tertiary/aromatic N) is 1. The van der Waals surface area contributed by atoms with E-state index in [1.807, 2.05) is 0 Å². The second kappa shape index (κ2) is 14.8. The van der Waals surface area contributed by atoms with Crippen molar-refractivity contribution in [2.75, 3.05) is 26.0 Å². The van der Waals surface area contributed by atoms with Gasteiger partial charge in [-0.1, -0.05) is 36.4 Å². The Labute approximate surface area is 214 Å². The van der Waals surface area contributed by atoms with Crippen LogP contribution in [0.5, 0.6) is 0 Å². The maximum absolute atomic E-state index is 6.01. The lowest BCUT2D eigenvalue weighted by atomic mass is 10.1. The van der Waals surface area contributed by atoms with Gasteiger partial charge in [0.1, 0.15) is 0 Å². The molecule has 1 heterocycles. The van der Waals surface area contributed by atoms with Gasteiger partial charge < -0.3 is 20.1 Å². The third-order valence-corrected chi connectivity index (χ3v) is 6.15. The highest BCUT2D eigenvalue weighted by Gasteiger charge is 2.13. The molecule has 1 fully saturated rings. The summed E-state index contributed by atoms with van der Waals surface area (Å²) in [5.74, 6) is 0.835. The lowest BCUT2D eigenvalue weighted by Crippen LogP contribution is -2.36. The Kier molecular flexibility index (Phi) is 12.4. The number of thioether (sulfide) groups is 1. The van der Waals surface area contributed by atoms with Crippen molar-refractivity contribution in [2.24, 2.45) is 4.99 Å². The summed E-state index contributed by atoms with van der Waals surface area (Å²) < 4.78 is 11.4. The van der Waals surface area contributed by atoms with Gasteiger partial charge in [0, 0.05) is 31.2 Å². The molecule has 2 N–H and O–H groups in total. The molecular weight excluding hydrogens is 533 g/mol. The van der Waals surface area contributed by atoms with Gasteiger partial charge in [-0.05, 0) is 61.3 Å². The summed E-state index contributed by atoms with van der Waals surface area (Å²) in [6.07, 6.45) is 4.43. The van der Waals surface area contributed by atoms with E-state index < -0.39 is 0 Å². The molecule has 0 bridgehead atoms. The van der Waals surface area contributed by atoms with Crippen molar-refractivity contribution in [3.63, 3.8) is 0 Å². The molecule has 0 aliphatic carbocycles. The summed E-state index contributed by atoms with van der Waals surface area (Å²) in [6.45, 7) is 8.72. The zero-order valence-electron chi connectivity index (χ0n) is 19.4. The number of ether oxygens (including phenoxy) is 2. The lowest BCUT2D eigenvalue weighted by Gasteiger charge is -2.22. The van der Waals surface area contributed by atoms with Gasteiger partial charge in [-0.3, -0.25) is 0 Å². The number of hydrogen-bond donors (Lipinski definition) is 2. The van der Waals surface area contributed by atoms with Crippen molar-refractivity contribution in [1.29, 1.82) is 0 Å². The molecule has 2 aromatic carbocycles. The number of guanidine groups is 1. The molecule has 2 aromatic rings. The number of rotatable bonds is 9. The molecule has 32 heavy (non-hydrogen) atoms. The molecular formula is C25H36IN3O2S. The fraction of sp³-hybridized carbons (Fsp3) is 0.480. The zero-order chi connectivity index (χ0) is 21.9. The average molecular weight is 570 g/mol. The summed E-state index contributed by atoms with van der Waals surface area (Å²) in [5.41, 5.74) is 4.97. The Morgan fingerprint density at radius 1 is 1.09 bits per heavy atom. The van der Waals surface area contributed by atoms with E-state index in [2.05, 4.69) is 73.2 Å². The van der Waals surface area contributed by atoms with Crippen molar-refractivity contribution in [3.8, 4) is 0 Å². The summed E-state index contributed by atoms with van der Waals surface area (Å²) in [7, 11) is 0. The van der Waals surface area contributed by atoms with E-state index >= 15 is 0 Å². The molecule has 0 spiro atoms. The van der Waals surface area contributed by atoms with Gasteiger partial charge >= 0.3 is 0 Å². The van der Waals surface area contributed by atoms with Crippen LogP contribution in [0.15, 0.2) is 52.4 Å². The average Bonchev–Trinajstić information content (AvgIpc) is 2.81. The molecule has 0 amide bonds.